The SMILES string of the molecule is O=S(=O)(O)c1ccccc1-c1c2ccc(=[N+]3C4CCCC3CCC4)cc-2oc2cc(N3C4CCCC3CCC4)ccc12. The molecule has 218 valence electrons. The maximum absolute atomic E-state index is 12.6. The quantitative estimate of drug-likeness (QED) is 0.156. The molecule has 1 aliphatic carbocycles. The van der Waals surface area contributed by atoms with Crippen LogP contribution in [-0.2, 0) is 10.1 Å². The Morgan fingerprint density at radius 2 is 1.38 bits per heavy atom. The van der Waals surface area contributed by atoms with E-state index in [1.807, 2.05) is 6.07 Å². The Morgan fingerprint density at radius 1 is 0.738 bits per heavy atom. The maximum Gasteiger partial charge on any atom is 0.295 e. The lowest BCUT2D eigenvalue weighted by atomic mass is 9.84. The minimum Gasteiger partial charge on any atom is -0.456 e. The summed E-state index contributed by atoms with van der Waals surface area (Å²) in [7, 11) is -4.44. The molecule has 6 nitrogen and oxygen atoms in total. The van der Waals surface area contributed by atoms with Crippen LogP contribution in [0.1, 0.15) is 77.0 Å². The monoisotopic (exact) mass is 583 g/mol. The van der Waals surface area contributed by atoms with Crippen molar-refractivity contribution in [2.75, 3.05) is 4.90 Å². The average molecular weight is 584 g/mol. The third-order valence-electron chi connectivity index (χ3n) is 10.6. The minimum atomic E-state index is -4.44. The molecule has 5 heterocycles. The molecule has 7 heteroatoms. The van der Waals surface area contributed by atoms with Gasteiger partial charge in [-0.15, -0.1) is 0 Å². The zero-order valence-corrected chi connectivity index (χ0v) is 24.9. The van der Waals surface area contributed by atoms with Gasteiger partial charge < -0.3 is 9.32 Å². The second kappa shape index (κ2) is 10.2. The van der Waals surface area contributed by atoms with Gasteiger partial charge in [0, 0.05) is 77.7 Å². The van der Waals surface area contributed by atoms with Gasteiger partial charge >= 0.3 is 0 Å². The summed E-state index contributed by atoms with van der Waals surface area (Å²) < 4.78 is 44.8. The molecule has 0 amide bonds. The second-order valence-electron chi connectivity index (χ2n) is 13.0. The first-order valence-corrected chi connectivity index (χ1v) is 17.4. The molecule has 2 aromatic carbocycles. The molecule has 4 saturated heterocycles. The molecule has 42 heavy (non-hydrogen) atoms. The average Bonchev–Trinajstić information content (AvgIpc) is 2.98. The first-order valence-electron chi connectivity index (χ1n) is 15.9. The highest BCUT2D eigenvalue weighted by molar-refractivity contribution is 7.86. The van der Waals surface area contributed by atoms with E-state index in [-0.39, 0.29) is 4.90 Å². The first kappa shape index (κ1) is 26.5. The summed E-state index contributed by atoms with van der Waals surface area (Å²) in [6.45, 7) is 0. The molecule has 2 aromatic rings. The summed E-state index contributed by atoms with van der Waals surface area (Å²) in [5, 5.41) is 2.04. The number of nitrogens with zero attached hydrogens (tertiary/aromatic N) is 2. The molecule has 0 aromatic heterocycles. The van der Waals surface area contributed by atoms with Crippen molar-refractivity contribution in [3.63, 3.8) is 0 Å². The summed E-state index contributed by atoms with van der Waals surface area (Å²) in [4.78, 5) is 2.55. The molecular weight excluding hydrogens is 544 g/mol. The molecule has 0 saturated carbocycles. The fourth-order valence-electron chi connectivity index (χ4n) is 8.86. The number of piperidine rings is 4. The Bertz CT molecular complexity index is 1780. The van der Waals surface area contributed by atoms with Gasteiger partial charge in [0.1, 0.15) is 16.2 Å². The van der Waals surface area contributed by atoms with Gasteiger partial charge in [0.15, 0.2) is 12.1 Å². The molecular formula is C35H39N2O4S+. The third kappa shape index (κ3) is 4.39. The molecule has 0 unspecified atom stereocenters. The predicted molar refractivity (Wildman–Crippen MR) is 166 cm³/mol. The van der Waals surface area contributed by atoms with Crippen molar-refractivity contribution in [2.45, 2.75) is 106 Å². The van der Waals surface area contributed by atoms with Gasteiger partial charge in [-0.05, 0) is 75.6 Å². The molecule has 4 fully saturated rings. The van der Waals surface area contributed by atoms with Crippen LogP contribution in [0.4, 0.5) is 5.69 Å². The van der Waals surface area contributed by atoms with Crippen molar-refractivity contribution in [3.05, 3.63) is 66.0 Å². The van der Waals surface area contributed by atoms with Gasteiger partial charge in [-0.3, -0.25) is 4.55 Å². The topological polar surface area (TPSA) is 73.8 Å². The predicted octanol–water partition coefficient (Wildman–Crippen LogP) is 7.24. The van der Waals surface area contributed by atoms with E-state index in [1.165, 1.54) is 94.2 Å². The van der Waals surface area contributed by atoms with E-state index in [0.29, 0.717) is 29.7 Å². The van der Waals surface area contributed by atoms with E-state index in [0.717, 1.165) is 27.9 Å². The number of benzene rings is 3. The van der Waals surface area contributed by atoms with Crippen LogP contribution in [0.25, 0.3) is 33.4 Å². The maximum atomic E-state index is 12.6. The standard InChI is InChI=1S/C35H38N2O4S/c38-42(39,40)34-16-2-1-15-31(34)35-29-19-17-27(36-23-7-3-8-24(36)10-4-9-23)21-32(29)41-33-22-28(18-20-30(33)35)37-25-11-5-12-26(37)14-6-13-25/h1-2,15-26H,3-14H2/p+1. The highest BCUT2D eigenvalue weighted by Gasteiger charge is 2.38. The van der Waals surface area contributed by atoms with E-state index in [4.69, 9.17) is 4.42 Å². The Balaban J connectivity index is 1.39. The van der Waals surface area contributed by atoms with Crippen LogP contribution in [0, 0.1) is 0 Å². The molecule has 0 atom stereocenters. The number of hydrogen-bond acceptors (Lipinski definition) is 4. The highest BCUT2D eigenvalue weighted by atomic mass is 32.2. The van der Waals surface area contributed by atoms with Crippen molar-refractivity contribution in [2.24, 2.45) is 0 Å². The number of anilines is 1. The second-order valence-corrected chi connectivity index (χ2v) is 14.4. The van der Waals surface area contributed by atoms with Crippen molar-refractivity contribution in [3.8, 4) is 22.5 Å². The summed E-state index contributed by atoms with van der Waals surface area (Å²) in [5.41, 5.74) is 4.08. The fourth-order valence-corrected chi connectivity index (χ4v) is 9.56. The summed E-state index contributed by atoms with van der Waals surface area (Å²) >= 11 is 0. The van der Waals surface area contributed by atoms with Crippen LogP contribution in [0.2, 0.25) is 0 Å². The van der Waals surface area contributed by atoms with Gasteiger partial charge in [-0.25, -0.2) is 4.58 Å². The minimum absolute atomic E-state index is 0.0805. The third-order valence-corrected chi connectivity index (χ3v) is 11.5. The summed E-state index contributed by atoms with van der Waals surface area (Å²) in [6, 6.07) is 22.0. The van der Waals surface area contributed by atoms with Crippen molar-refractivity contribution in [1.29, 1.82) is 0 Å². The van der Waals surface area contributed by atoms with Crippen LogP contribution in [0.5, 0.6) is 0 Å². The Labute approximate surface area is 247 Å². The van der Waals surface area contributed by atoms with Crippen molar-refractivity contribution < 1.29 is 17.4 Å². The lowest BCUT2D eigenvalue weighted by Crippen LogP contribution is -2.51. The molecule has 0 radical (unpaired) electrons. The molecule has 8 rings (SSSR count). The van der Waals surface area contributed by atoms with E-state index in [9.17, 15) is 13.0 Å². The Morgan fingerprint density at radius 3 is 2.05 bits per heavy atom. The molecule has 4 bridgehead atoms. The summed E-state index contributed by atoms with van der Waals surface area (Å²) in [5.74, 6) is 0.750. The zero-order chi connectivity index (χ0) is 28.4. The molecule has 5 aliphatic heterocycles. The Hall–Kier alpha value is -3.16. The van der Waals surface area contributed by atoms with Crippen molar-refractivity contribution >= 4 is 26.8 Å². The highest BCUT2D eigenvalue weighted by Crippen LogP contribution is 2.45. The fraction of sp³-hybridized carbons (Fsp3) is 0.457. The largest absolute Gasteiger partial charge is 0.456 e. The van der Waals surface area contributed by atoms with Gasteiger partial charge in [0.2, 0.25) is 5.36 Å². The van der Waals surface area contributed by atoms with Gasteiger partial charge in [0.05, 0.1) is 6.07 Å². The van der Waals surface area contributed by atoms with E-state index in [2.05, 4.69) is 45.9 Å². The van der Waals surface area contributed by atoms with Crippen molar-refractivity contribution in [1.82, 2.24) is 4.58 Å². The number of hydrogen-bond donors (Lipinski definition) is 1. The zero-order valence-electron chi connectivity index (χ0n) is 24.0. The summed E-state index contributed by atoms with van der Waals surface area (Å²) in [6.07, 6.45) is 15.1. The smallest absolute Gasteiger partial charge is 0.295 e. The molecule has 0 spiro atoms. The van der Waals surface area contributed by atoms with Crippen LogP contribution in [0.15, 0.2) is 70.0 Å². The lowest BCUT2D eigenvalue weighted by Gasteiger charge is -2.47. The Kier molecular flexibility index (Phi) is 6.45. The number of rotatable bonds is 3. The van der Waals surface area contributed by atoms with E-state index >= 15 is 0 Å². The van der Waals surface area contributed by atoms with Crippen LogP contribution >= 0.6 is 0 Å². The van der Waals surface area contributed by atoms with Crippen LogP contribution in [-0.4, -0.2) is 37.1 Å². The van der Waals surface area contributed by atoms with E-state index in [1.54, 1.807) is 12.1 Å². The normalized spacial score (nSPS) is 26.1. The van der Waals surface area contributed by atoms with Gasteiger partial charge in [-0.1, -0.05) is 18.2 Å². The van der Waals surface area contributed by atoms with Gasteiger partial charge in [-0.2, -0.15) is 8.42 Å². The lowest BCUT2D eigenvalue weighted by molar-refractivity contribution is 0.196. The number of fused-ring (bicyclic) bond motifs is 6. The first-order chi connectivity index (χ1) is 20.5. The van der Waals surface area contributed by atoms with Gasteiger partial charge in [0.25, 0.3) is 10.1 Å². The molecule has 6 aliphatic rings. The van der Waals surface area contributed by atoms with Crippen LogP contribution < -0.4 is 14.8 Å². The van der Waals surface area contributed by atoms with E-state index < -0.39 is 10.1 Å². The van der Waals surface area contributed by atoms with Crippen LogP contribution in [0.3, 0.4) is 0 Å². The molecule has 1 N–H and O–H groups in total.